The van der Waals surface area contributed by atoms with Crippen LogP contribution in [0.25, 0.3) is 0 Å². The topological polar surface area (TPSA) is 129 Å². The Morgan fingerprint density at radius 1 is 1.00 bits per heavy atom. The molecule has 0 aliphatic heterocycles. The van der Waals surface area contributed by atoms with Gasteiger partial charge in [-0.3, -0.25) is 14.9 Å². The van der Waals surface area contributed by atoms with Gasteiger partial charge in [0.15, 0.2) is 18.1 Å². The summed E-state index contributed by atoms with van der Waals surface area (Å²) in [5.74, 6) is -0.0941. The van der Waals surface area contributed by atoms with Crippen LogP contribution < -0.4 is 19.6 Å². The van der Waals surface area contributed by atoms with Crippen LogP contribution in [0.5, 0.6) is 17.2 Å². The molecule has 0 saturated carbocycles. The molecule has 0 heterocycles. The third-order valence-corrected chi connectivity index (χ3v) is 5.51. The highest BCUT2D eigenvalue weighted by molar-refractivity contribution is 5.92. The van der Waals surface area contributed by atoms with Crippen molar-refractivity contribution >= 4 is 23.8 Å². The van der Waals surface area contributed by atoms with Crippen molar-refractivity contribution in [3.63, 3.8) is 0 Å². The molecule has 10 nitrogen and oxygen atoms in total. The van der Waals surface area contributed by atoms with Crippen molar-refractivity contribution in [1.29, 1.82) is 0 Å². The number of nitrogens with zero attached hydrogens (tertiary/aromatic N) is 2. The second kappa shape index (κ2) is 12.0. The van der Waals surface area contributed by atoms with Crippen molar-refractivity contribution < 1.29 is 28.7 Å². The van der Waals surface area contributed by atoms with Gasteiger partial charge >= 0.3 is 5.97 Å². The Labute approximate surface area is 220 Å². The number of aryl methyl sites for hydroxylation is 1. The van der Waals surface area contributed by atoms with E-state index in [2.05, 4.69) is 31.3 Å². The van der Waals surface area contributed by atoms with Crippen LogP contribution in [0.2, 0.25) is 0 Å². The van der Waals surface area contributed by atoms with E-state index in [0.717, 1.165) is 5.56 Å². The molecule has 0 aromatic heterocycles. The Hall–Kier alpha value is -4.73. The molecule has 1 amide bonds. The minimum atomic E-state index is -0.699. The molecule has 1 N–H and O–H groups in total. The first kappa shape index (κ1) is 27.9. The number of methoxy groups -OCH3 is 1. The van der Waals surface area contributed by atoms with E-state index in [1.54, 1.807) is 12.1 Å². The molecule has 0 radical (unpaired) electrons. The molecule has 0 aliphatic carbocycles. The summed E-state index contributed by atoms with van der Waals surface area (Å²) in [6, 6.07) is 15.6. The number of esters is 1. The second-order valence-corrected chi connectivity index (χ2v) is 9.42. The van der Waals surface area contributed by atoms with Gasteiger partial charge in [0, 0.05) is 12.1 Å². The average molecular weight is 520 g/mol. The summed E-state index contributed by atoms with van der Waals surface area (Å²) in [7, 11) is 1.41. The number of nitro groups is 1. The summed E-state index contributed by atoms with van der Waals surface area (Å²) in [6.07, 6.45) is 1.41. The van der Waals surface area contributed by atoms with Gasteiger partial charge < -0.3 is 14.2 Å². The number of rotatable bonds is 9. The van der Waals surface area contributed by atoms with Crippen molar-refractivity contribution in [1.82, 2.24) is 5.43 Å². The third kappa shape index (κ3) is 7.39. The highest BCUT2D eigenvalue weighted by Crippen LogP contribution is 2.29. The van der Waals surface area contributed by atoms with Crippen LogP contribution >= 0.6 is 0 Å². The minimum absolute atomic E-state index is 0.0189. The van der Waals surface area contributed by atoms with E-state index < -0.39 is 16.8 Å². The van der Waals surface area contributed by atoms with Gasteiger partial charge in [0.1, 0.15) is 5.75 Å². The molecule has 0 aliphatic rings. The first-order chi connectivity index (χ1) is 18.0. The molecule has 38 heavy (non-hydrogen) atoms. The average Bonchev–Trinajstić information content (AvgIpc) is 2.88. The van der Waals surface area contributed by atoms with E-state index in [1.807, 2.05) is 25.1 Å². The predicted octanol–water partition coefficient (Wildman–Crippen LogP) is 4.96. The number of benzene rings is 3. The maximum Gasteiger partial charge on any atom is 0.343 e. The quantitative estimate of drug-likeness (QED) is 0.139. The summed E-state index contributed by atoms with van der Waals surface area (Å²) >= 11 is 0. The van der Waals surface area contributed by atoms with Crippen LogP contribution in [0.3, 0.4) is 0 Å². The predicted molar refractivity (Wildman–Crippen MR) is 142 cm³/mol. The molecular weight excluding hydrogens is 490 g/mol. The van der Waals surface area contributed by atoms with Gasteiger partial charge in [0.2, 0.25) is 0 Å². The van der Waals surface area contributed by atoms with Crippen molar-refractivity contribution in [2.24, 2.45) is 5.10 Å². The monoisotopic (exact) mass is 519 g/mol. The molecule has 0 atom stereocenters. The first-order valence-electron chi connectivity index (χ1n) is 11.7. The summed E-state index contributed by atoms with van der Waals surface area (Å²) in [4.78, 5) is 34.8. The lowest BCUT2D eigenvalue weighted by atomic mass is 9.86. The SMILES string of the molecule is COc1cc(/C=N\NC(=O)COc2ccc(C(C)(C)C)cc2C)ccc1OC(=O)c1ccc([N+](=O)[O-])cc1. The standard InChI is InChI=1S/C28H29N3O7/c1-18-14-21(28(2,3)4)9-13-23(18)37-17-26(32)30-29-16-19-6-12-24(25(15-19)36-5)38-27(33)20-7-10-22(11-8-20)31(34)35/h6-16H,17H2,1-5H3,(H,30,32)/b29-16-. The van der Waals surface area contributed by atoms with Gasteiger partial charge in [-0.25, -0.2) is 10.2 Å². The molecule has 3 rings (SSSR count). The smallest absolute Gasteiger partial charge is 0.343 e. The van der Waals surface area contributed by atoms with E-state index in [-0.39, 0.29) is 34.8 Å². The van der Waals surface area contributed by atoms with Crippen LogP contribution in [0.1, 0.15) is 47.8 Å². The Balaban J connectivity index is 1.56. The zero-order valence-electron chi connectivity index (χ0n) is 21.8. The summed E-state index contributed by atoms with van der Waals surface area (Å²) in [6.45, 7) is 8.12. The lowest BCUT2D eigenvalue weighted by Gasteiger charge is -2.20. The van der Waals surface area contributed by atoms with Crippen LogP contribution in [-0.2, 0) is 10.2 Å². The number of non-ortho nitro benzene ring substituents is 1. The molecule has 10 heteroatoms. The van der Waals surface area contributed by atoms with Gasteiger partial charge in [-0.2, -0.15) is 5.10 Å². The van der Waals surface area contributed by atoms with Crippen molar-refractivity contribution in [3.8, 4) is 17.2 Å². The van der Waals surface area contributed by atoms with E-state index in [0.29, 0.717) is 11.3 Å². The van der Waals surface area contributed by atoms with Crippen LogP contribution in [0.4, 0.5) is 5.69 Å². The Morgan fingerprint density at radius 3 is 2.29 bits per heavy atom. The number of hydrazone groups is 1. The number of nitrogens with one attached hydrogen (secondary N) is 1. The Bertz CT molecular complexity index is 1360. The van der Waals surface area contributed by atoms with Crippen molar-refractivity contribution in [3.05, 3.63) is 93.0 Å². The molecule has 0 saturated heterocycles. The fourth-order valence-corrected chi connectivity index (χ4v) is 3.36. The largest absolute Gasteiger partial charge is 0.493 e. The molecule has 0 unspecified atom stereocenters. The molecule has 0 spiro atoms. The summed E-state index contributed by atoms with van der Waals surface area (Å²) in [5.41, 5.74) is 5.13. The fourth-order valence-electron chi connectivity index (χ4n) is 3.36. The number of hydrogen-bond donors (Lipinski definition) is 1. The number of nitro benzene ring substituents is 1. The van der Waals surface area contributed by atoms with E-state index in [1.165, 1.54) is 49.2 Å². The van der Waals surface area contributed by atoms with Gasteiger partial charge in [0.05, 0.1) is 23.8 Å². The highest BCUT2D eigenvalue weighted by atomic mass is 16.6. The Morgan fingerprint density at radius 2 is 1.68 bits per heavy atom. The zero-order valence-corrected chi connectivity index (χ0v) is 21.8. The maximum absolute atomic E-state index is 12.4. The van der Waals surface area contributed by atoms with E-state index in [4.69, 9.17) is 14.2 Å². The third-order valence-electron chi connectivity index (χ3n) is 5.51. The summed E-state index contributed by atoms with van der Waals surface area (Å²) in [5, 5.41) is 14.7. The highest BCUT2D eigenvalue weighted by Gasteiger charge is 2.16. The molecule has 0 fully saturated rings. The van der Waals surface area contributed by atoms with E-state index in [9.17, 15) is 19.7 Å². The van der Waals surface area contributed by atoms with Gasteiger partial charge in [0.25, 0.3) is 11.6 Å². The molecular formula is C28H29N3O7. The Kier molecular flexibility index (Phi) is 8.80. The lowest BCUT2D eigenvalue weighted by molar-refractivity contribution is -0.384. The van der Waals surface area contributed by atoms with Gasteiger partial charge in [-0.1, -0.05) is 32.9 Å². The van der Waals surface area contributed by atoms with Gasteiger partial charge in [-0.15, -0.1) is 0 Å². The van der Waals surface area contributed by atoms with Crippen LogP contribution in [-0.4, -0.2) is 36.7 Å². The molecule has 3 aromatic rings. The molecule has 3 aromatic carbocycles. The van der Waals surface area contributed by atoms with Crippen LogP contribution in [0.15, 0.2) is 65.8 Å². The zero-order chi connectivity index (χ0) is 27.9. The number of carbonyl (C=O) groups is 2. The number of carbonyl (C=O) groups excluding carboxylic acids is 2. The molecule has 0 bridgehead atoms. The number of amides is 1. The maximum atomic E-state index is 12.4. The normalized spacial score (nSPS) is 11.2. The minimum Gasteiger partial charge on any atom is -0.493 e. The number of ether oxygens (including phenoxy) is 3. The summed E-state index contributed by atoms with van der Waals surface area (Å²) < 4.78 is 16.3. The second-order valence-electron chi connectivity index (χ2n) is 9.42. The molecule has 198 valence electrons. The fraction of sp³-hybridized carbons (Fsp3) is 0.250. The van der Waals surface area contributed by atoms with Crippen molar-refractivity contribution in [2.75, 3.05) is 13.7 Å². The first-order valence-corrected chi connectivity index (χ1v) is 11.7. The number of hydrogen-bond acceptors (Lipinski definition) is 8. The lowest BCUT2D eigenvalue weighted by Crippen LogP contribution is -2.24. The van der Waals surface area contributed by atoms with E-state index >= 15 is 0 Å². The van der Waals surface area contributed by atoms with Crippen LogP contribution in [0, 0.1) is 17.0 Å². The van der Waals surface area contributed by atoms with Gasteiger partial charge in [-0.05, 0) is 65.4 Å². The van der Waals surface area contributed by atoms with Crippen molar-refractivity contribution in [2.45, 2.75) is 33.1 Å².